The number of carbonyl (C=O) groups excluding carboxylic acids is 2. The number of hydrogen-bond acceptors (Lipinski definition) is 3. The van der Waals surface area contributed by atoms with Crippen LogP contribution in [0.4, 0.5) is 0 Å². The van der Waals surface area contributed by atoms with Crippen LogP contribution in [0.25, 0.3) is 0 Å². The molecule has 0 aliphatic rings. The lowest BCUT2D eigenvalue weighted by Gasteiger charge is -2.06. The summed E-state index contributed by atoms with van der Waals surface area (Å²) in [5.74, 6) is 0.0332. The Morgan fingerprint density at radius 3 is 2.56 bits per heavy atom. The van der Waals surface area contributed by atoms with E-state index in [9.17, 15) is 9.59 Å². The lowest BCUT2D eigenvalue weighted by Crippen LogP contribution is -2.37. The zero-order valence-electron chi connectivity index (χ0n) is 10.7. The molecule has 0 heterocycles. The first-order valence-corrected chi connectivity index (χ1v) is 6.84. The first-order chi connectivity index (χ1) is 8.63. The normalized spacial score (nSPS) is 9.89. The average molecular weight is 266 g/mol. The summed E-state index contributed by atoms with van der Waals surface area (Å²) in [6.45, 7) is 4.47. The van der Waals surface area contributed by atoms with Crippen molar-refractivity contribution in [2.45, 2.75) is 18.7 Å². The summed E-state index contributed by atoms with van der Waals surface area (Å²) in [5, 5.41) is 5.21. The van der Waals surface area contributed by atoms with Crippen LogP contribution in [0.15, 0.2) is 29.2 Å². The maximum Gasteiger partial charge on any atom is 0.239 e. The molecule has 1 aromatic carbocycles. The predicted molar refractivity (Wildman–Crippen MR) is 73.6 cm³/mol. The first kappa shape index (κ1) is 14.6. The van der Waals surface area contributed by atoms with Gasteiger partial charge in [0.2, 0.25) is 11.8 Å². The molecule has 5 heteroatoms. The van der Waals surface area contributed by atoms with Gasteiger partial charge in [-0.05, 0) is 25.5 Å². The highest BCUT2D eigenvalue weighted by Crippen LogP contribution is 2.21. The lowest BCUT2D eigenvalue weighted by atomic mass is 10.2. The van der Waals surface area contributed by atoms with Gasteiger partial charge < -0.3 is 10.6 Å². The number of rotatable bonds is 6. The van der Waals surface area contributed by atoms with E-state index in [1.807, 2.05) is 38.1 Å². The molecular formula is C13H18N2O2S. The Balaban J connectivity index is 2.29. The number of hydrogen-bond donors (Lipinski definition) is 2. The van der Waals surface area contributed by atoms with Crippen molar-refractivity contribution in [3.05, 3.63) is 29.8 Å². The molecule has 0 aliphatic carbocycles. The third-order valence-electron chi connectivity index (χ3n) is 2.27. The third kappa shape index (κ3) is 5.23. The minimum Gasteiger partial charge on any atom is -0.355 e. The largest absolute Gasteiger partial charge is 0.355 e. The van der Waals surface area contributed by atoms with E-state index in [-0.39, 0.29) is 18.4 Å². The van der Waals surface area contributed by atoms with Crippen molar-refractivity contribution in [2.24, 2.45) is 0 Å². The molecule has 1 rings (SSSR count). The number of nitrogens with one attached hydrogen (secondary N) is 2. The Bertz CT molecular complexity index is 421. The van der Waals surface area contributed by atoms with Crippen molar-refractivity contribution in [3.8, 4) is 0 Å². The Morgan fingerprint density at radius 2 is 1.89 bits per heavy atom. The van der Waals surface area contributed by atoms with E-state index in [0.717, 1.165) is 10.5 Å². The molecule has 0 bridgehead atoms. The Kier molecular flexibility index (Phi) is 6.28. The Hall–Kier alpha value is -1.49. The van der Waals surface area contributed by atoms with E-state index in [0.29, 0.717) is 12.3 Å². The second-order valence-corrected chi connectivity index (χ2v) is 4.80. The van der Waals surface area contributed by atoms with Gasteiger partial charge in [-0.2, -0.15) is 0 Å². The smallest absolute Gasteiger partial charge is 0.239 e. The van der Waals surface area contributed by atoms with E-state index in [4.69, 9.17) is 0 Å². The molecule has 0 unspecified atom stereocenters. The zero-order valence-corrected chi connectivity index (χ0v) is 11.5. The number of carbonyl (C=O) groups is 2. The van der Waals surface area contributed by atoms with Gasteiger partial charge in [0.15, 0.2) is 0 Å². The molecule has 2 N–H and O–H groups in total. The van der Waals surface area contributed by atoms with Crippen LogP contribution in [-0.4, -0.2) is 30.7 Å². The van der Waals surface area contributed by atoms with E-state index in [1.54, 1.807) is 0 Å². The van der Waals surface area contributed by atoms with Crippen LogP contribution in [0.2, 0.25) is 0 Å². The van der Waals surface area contributed by atoms with Crippen LogP contribution in [0.1, 0.15) is 12.5 Å². The summed E-state index contributed by atoms with van der Waals surface area (Å²) in [4.78, 5) is 23.8. The molecule has 4 nitrogen and oxygen atoms in total. The second-order valence-electron chi connectivity index (χ2n) is 3.78. The number of thioether (sulfide) groups is 1. The molecule has 0 spiro atoms. The van der Waals surface area contributed by atoms with Gasteiger partial charge in [0.05, 0.1) is 12.3 Å². The minimum absolute atomic E-state index is 0.0427. The molecule has 98 valence electrons. The quantitative estimate of drug-likeness (QED) is 0.764. The van der Waals surface area contributed by atoms with Crippen molar-refractivity contribution in [1.82, 2.24) is 10.6 Å². The molecule has 0 aliphatic heterocycles. The van der Waals surface area contributed by atoms with E-state index >= 15 is 0 Å². The number of likely N-dealkylation sites (N-methyl/N-ethyl adjacent to an activating group) is 1. The summed E-state index contributed by atoms with van der Waals surface area (Å²) < 4.78 is 0. The Morgan fingerprint density at radius 1 is 1.17 bits per heavy atom. The van der Waals surface area contributed by atoms with Crippen LogP contribution in [0, 0.1) is 6.92 Å². The van der Waals surface area contributed by atoms with Crippen molar-refractivity contribution < 1.29 is 9.59 Å². The van der Waals surface area contributed by atoms with E-state index in [1.165, 1.54) is 11.8 Å². The topological polar surface area (TPSA) is 58.2 Å². The summed E-state index contributed by atoms with van der Waals surface area (Å²) >= 11 is 1.48. The van der Waals surface area contributed by atoms with Crippen LogP contribution in [-0.2, 0) is 9.59 Å². The number of benzene rings is 1. The average Bonchev–Trinajstić information content (AvgIpc) is 2.36. The van der Waals surface area contributed by atoms with Gasteiger partial charge in [-0.1, -0.05) is 18.2 Å². The fourth-order valence-electron chi connectivity index (χ4n) is 1.35. The number of aryl methyl sites for hydroxylation is 1. The standard InChI is InChI=1S/C13H18N2O2S/c1-3-14-12(16)8-15-13(17)9-18-11-7-5-4-6-10(11)2/h4-7H,3,8-9H2,1-2H3,(H,14,16)(H,15,17). The second kappa shape index (κ2) is 7.76. The summed E-state index contributed by atoms with van der Waals surface area (Å²) in [6.07, 6.45) is 0. The molecule has 0 saturated carbocycles. The van der Waals surface area contributed by atoms with Crippen molar-refractivity contribution in [2.75, 3.05) is 18.8 Å². The van der Waals surface area contributed by atoms with Crippen LogP contribution < -0.4 is 10.6 Å². The molecule has 0 fully saturated rings. The van der Waals surface area contributed by atoms with Gasteiger partial charge in [-0.25, -0.2) is 0 Å². The predicted octanol–water partition coefficient (Wildman–Crippen LogP) is 1.34. The van der Waals surface area contributed by atoms with Gasteiger partial charge in [-0.3, -0.25) is 9.59 Å². The molecule has 18 heavy (non-hydrogen) atoms. The van der Waals surface area contributed by atoms with E-state index < -0.39 is 0 Å². The van der Waals surface area contributed by atoms with Gasteiger partial charge in [0, 0.05) is 11.4 Å². The first-order valence-electron chi connectivity index (χ1n) is 5.85. The molecule has 0 atom stereocenters. The number of amides is 2. The molecular weight excluding hydrogens is 248 g/mol. The third-order valence-corrected chi connectivity index (χ3v) is 3.45. The van der Waals surface area contributed by atoms with Gasteiger partial charge in [0.25, 0.3) is 0 Å². The van der Waals surface area contributed by atoms with Crippen molar-refractivity contribution in [1.29, 1.82) is 0 Å². The highest BCUT2D eigenvalue weighted by Gasteiger charge is 2.06. The van der Waals surface area contributed by atoms with Crippen molar-refractivity contribution in [3.63, 3.8) is 0 Å². The summed E-state index contributed by atoms with van der Waals surface area (Å²) in [5.41, 5.74) is 1.15. The maximum absolute atomic E-state index is 11.5. The maximum atomic E-state index is 11.5. The van der Waals surface area contributed by atoms with Crippen molar-refractivity contribution >= 4 is 23.6 Å². The molecule has 0 radical (unpaired) electrons. The highest BCUT2D eigenvalue weighted by atomic mass is 32.2. The van der Waals surface area contributed by atoms with Crippen LogP contribution in [0.5, 0.6) is 0 Å². The zero-order chi connectivity index (χ0) is 13.4. The SMILES string of the molecule is CCNC(=O)CNC(=O)CSc1ccccc1C. The fourth-order valence-corrected chi connectivity index (χ4v) is 2.21. The van der Waals surface area contributed by atoms with Crippen LogP contribution >= 0.6 is 11.8 Å². The summed E-state index contributed by atoms with van der Waals surface area (Å²) in [7, 11) is 0. The molecule has 0 saturated heterocycles. The Labute approximate surface area is 112 Å². The van der Waals surface area contributed by atoms with Crippen LogP contribution in [0.3, 0.4) is 0 Å². The molecule has 0 aromatic heterocycles. The van der Waals surface area contributed by atoms with Gasteiger partial charge in [0.1, 0.15) is 0 Å². The monoisotopic (exact) mass is 266 g/mol. The van der Waals surface area contributed by atoms with Gasteiger partial charge in [-0.15, -0.1) is 11.8 Å². The molecule has 2 amide bonds. The van der Waals surface area contributed by atoms with E-state index in [2.05, 4.69) is 10.6 Å². The fraction of sp³-hybridized carbons (Fsp3) is 0.385. The summed E-state index contributed by atoms with van der Waals surface area (Å²) in [6, 6.07) is 7.91. The van der Waals surface area contributed by atoms with Gasteiger partial charge >= 0.3 is 0 Å². The lowest BCUT2D eigenvalue weighted by molar-refractivity contribution is -0.124. The highest BCUT2D eigenvalue weighted by molar-refractivity contribution is 8.00. The molecule has 1 aromatic rings. The minimum atomic E-state index is -0.160.